The van der Waals surface area contributed by atoms with E-state index in [0.29, 0.717) is 32.1 Å². The highest BCUT2D eigenvalue weighted by Crippen LogP contribution is 2.13. The highest BCUT2D eigenvalue weighted by Gasteiger charge is 2.30. The maximum Gasteiger partial charge on any atom is 0.306 e. The number of carbonyl (C=O) groups excluding carboxylic acids is 3. The minimum atomic E-state index is -1.14. The molecule has 0 unspecified atom stereocenters. The van der Waals surface area contributed by atoms with Gasteiger partial charge in [0.05, 0.1) is 6.61 Å². The molecule has 0 heterocycles. The molecule has 0 aliphatic heterocycles. The minimum absolute atomic E-state index is 0.138. The zero-order valence-corrected chi connectivity index (χ0v) is 23.5. The lowest BCUT2D eigenvalue weighted by Gasteiger charge is -2.25. The van der Waals surface area contributed by atoms with Crippen molar-refractivity contribution in [1.29, 1.82) is 0 Å². The predicted molar refractivity (Wildman–Crippen MR) is 156 cm³/mol. The van der Waals surface area contributed by atoms with Gasteiger partial charge in [-0.25, -0.2) is 0 Å². The summed E-state index contributed by atoms with van der Waals surface area (Å²) in [5, 5.41) is 10.0. The number of rotatable bonds is 18. The van der Waals surface area contributed by atoms with E-state index in [2.05, 4.69) is 0 Å². The van der Waals surface area contributed by atoms with Gasteiger partial charge in [0.2, 0.25) is 0 Å². The first-order valence-corrected chi connectivity index (χ1v) is 14.3. The van der Waals surface area contributed by atoms with Crippen molar-refractivity contribution in [2.45, 2.75) is 70.0 Å². The van der Waals surface area contributed by atoms with Gasteiger partial charge in [-0.3, -0.25) is 14.4 Å². The van der Waals surface area contributed by atoms with Crippen molar-refractivity contribution < 1.29 is 33.7 Å². The van der Waals surface area contributed by atoms with E-state index >= 15 is 0 Å². The van der Waals surface area contributed by atoms with Crippen molar-refractivity contribution in [2.24, 2.45) is 0 Å². The number of benzene rings is 3. The van der Waals surface area contributed by atoms with Gasteiger partial charge in [0.15, 0.2) is 12.2 Å². The normalized spacial score (nSPS) is 12.2. The summed E-state index contributed by atoms with van der Waals surface area (Å²) < 4.78 is 16.5. The third-order valence-electron chi connectivity index (χ3n) is 6.64. The molecule has 2 atom stereocenters. The Morgan fingerprint density at radius 3 is 1.29 bits per heavy atom. The van der Waals surface area contributed by atoms with Crippen LogP contribution in [0.4, 0.5) is 0 Å². The third kappa shape index (κ3) is 12.8. The van der Waals surface area contributed by atoms with Crippen molar-refractivity contribution in [2.75, 3.05) is 13.2 Å². The lowest BCUT2D eigenvalue weighted by molar-refractivity contribution is -0.179. The van der Waals surface area contributed by atoms with Gasteiger partial charge in [0.25, 0.3) is 0 Å². The summed E-state index contributed by atoms with van der Waals surface area (Å²) in [6.07, 6.45) is 2.10. The van der Waals surface area contributed by atoms with Gasteiger partial charge in [-0.2, -0.15) is 0 Å². The quantitative estimate of drug-likeness (QED) is 0.164. The second-order valence-corrected chi connectivity index (χ2v) is 9.94. The van der Waals surface area contributed by atoms with Gasteiger partial charge in [-0.1, -0.05) is 91.0 Å². The lowest BCUT2D eigenvalue weighted by atomic mass is 10.1. The van der Waals surface area contributed by atoms with Crippen LogP contribution in [-0.4, -0.2) is 48.4 Å². The van der Waals surface area contributed by atoms with Crippen LogP contribution in [0.15, 0.2) is 91.0 Å². The summed E-state index contributed by atoms with van der Waals surface area (Å²) in [5.41, 5.74) is 3.35. The Balaban J connectivity index is 1.50. The van der Waals surface area contributed by atoms with Gasteiger partial charge in [0, 0.05) is 19.3 Å². The fourth-order valence-electron chi connectivity index (χ4n) is 4.40. The predicted octanol–water partition coefficient (Wildman–Crippen LogP) is 5.41. The number of esters is 3. The van der Waals surface area contributed by atoms with Gasteiger partial charge in [-0.15, -0.1) is 0 Å². The Morgan fingerprint density at radius 1 is 0.537 bits per heavy atom. The Hall–Kier alpha value is -3.97. The SMILES string of the molecule is O=C(CCCc1ccccc1)OC[C@H](OC(=O)CCCc1ccccc1)[C@@H](CO)OC(=O)CCCc1ccccc1. The number of aliphatic hydroxyl groups excluding tert-OH is 1. The van der Waals surface area contributed by atoms with Gasteiger partial charge < -0.3 is 19.3 Å². The molecule has 0 amide bonds. The molecular weight excluding hydrogens is 520 g/mol. The fourth-order valence-corrected chi connectivity index (χ4v) is 4.40. The van der Waals surface area contributed by atoms with E-state index in [0.717, 1.165) is 23.1 Å². The molecule has 0 radical (unpaired) electrons. The molecule has 0 bridgehead atoms. The van der Waals surface area contributed by atoms with Crippen LogP contribution in [0.1, 0.15) is 55.2 Å². The van der Waals surface area contributed by atoms with Crippen LogP contribution in [0.5, 0.6) is 0 Å². The first kappa shape index (κ1) is 31.6. The van der Waals surface area contributed by atoms with Crippen LogP contribution in [-0.2, 0) is 47.9 Å². The van der Waals surface area contributed by atoms with Crippen LogP contribution in [0, 0.1) is 0 Å². The van der Waals surface area contributed by atoms with E-state index in [1.54, 1.807) is 0 Å². The van der Waals surface area contributed by atoms with Crippen molar-refractivity contribution in [3.8, 4) is 0 Å². The first-order chi connectivity index (χ1) is 20.0. The molecule has 0 aliphatic carbocycles. The molecule has 0 aliphatic rings. The average molecular weight is 561 g/mol. The largest absolute Gasteiger partial charge is 0.462 e. The Kier molecular flexibility index (Phi) is 14.2. The summed E-state index contributed by atoms with van der Waals surface area (Å²) in [4.78, 5) is 37.7. The summed E-state index contributed by atoms with van der Waals surface area (Å²) in [6.45, 7) is -0.880. The maximum absolute atomic E-state index is 12.7. The highest BCUT2D eigenvalue weighted by molar-refractivity contribution is 5.71. The van der Waals surface area contributed by atoms with E-state index in [1.807, 2.05) is 91.0 Å². The number of carbonyl (C=O) groups is 3. The number of aryl methyl sites for hydroxylation is 3. The molecule has 1 N–H and O–H groups in total. The molecule has 0 fully saturated rings. The van der Waals surface area contributed by atoms with Gasteiger partial charge in [-0.05, 0) is 55.2 Å². The highest BCUT2D eigenvalue weighted by atomic mass is 16.6. The van der Waals surface area contributed by atoms with Crippen molar-refractivity contribution >= 4 is 17.9 Å². The molecule has 3 aromatic rings. The van der Waals surface area contributed by atoms with E-state index in [4.69, 9.17) is 14.2 Å². The van der Waals surface area contributed by atoms with E-state index < -0.39 is 36.7 Å². The third-order valence-corrected chi connectivity index (χ3v) is 6.64. The number of ether oxygens (including phenoxy) is 3. The molecule has 218 valence electrons. The topological polar surface area (TPSA) is 99.1 Å². The van der Waals surface area contributed by atoms with E-state index in [9.17, 15) is 19.5 Å². The molecule has 0 saturated heterocycles. The molecule has 0 aromatic heterocycles. The molecule has 7 nitrogen and oxygen atoms in total. The summed E-state index contributed by atoms with van der Waals surface area (Å²) in [5.74, 6) is -1.47. The van der Waals surface area contributed by atoms with Crippen LogP contribution in [0.3, 0.4) is 0 Å². The molecule has 3 rings (SSSR count). The average Bonchev–Trinajstić information content (AvgIpc) is 3.00. The molecule has 0 spiro atoms. The molecule has 7 heteroatoms. The number of hydrogen-bond acceptors (Lipinski definition) is 7. The van der Waals surface area contributed by atoms with E-state index in [1.165, 1.54) is 0 Å². The maximum atomic E-state index is 12.7. The second kappa shape index (κ2) is 18.4. The van der Waals surface area contributed by atoms with Gasteiger partial charge in [0.1, 0.15) is 6.61 Å². The van der Waals surface area contributed by atoms with Crippen molar-refractivity contribution in [3.05, 3.63) is 108 Å². The summed E-state index contributed by atoms with van der Waals surface area (Å²) in [7, 11) is 0. The van der Waals surface area contributed by atoms with Crippen molar-refractivity contribution in [1.82, 2.24) is 0 Å². The van der Waals surface area contributed by atoms with E-state index in [-0.39, 0.29) is 25.9 Å². The Labute approximate surface area is 242 Å². The first-order valence-electron chi connectivity index (χ1n) is 14.3. The Bertz CT molecular complexity index is 1170. The standard InChI is InChI=1S/C34H40O7/c35-25-30(40-33(37)23-11-20-28-15-6-2-7-16-28)31(41-34(38)24-12-21-29-17-8-3-9-18-29)26-39-32(36)22-10-19-27-13-4-1-5-14-27/h1-9,13-18,30-31,35H,10-12,19-26H2/t30-,31+/m1/s1. The van der Waals surface area contributed by atoms with Crippen LogP contribution < -0.4 is 0 Å². The summed E-state index contributed by atoms with van der Waals surface area (Å²) in [6, 6.07) is 29.4. The molecular formula is C34H40O7. The monoisotopic (exact) mass is 560 g/mol. The summed E-state index contributed by atoms with van der Waals surface area (Å²) >= 11 is 0. The number of aliphatic hydroxyl groups is 1. The molecule has 3 aromatic carbocycles. The second-order valence-electron chi connectivity index (χ2n) is 9.94. The van der Waals surface area contributed by atoms with Crippen LogP contribution >= 0.6 is 0 Å². The minimum Gasteiger partial charge on any atom is -0.462 e. The fraction of sp³-hybridized carbons (Fsp3) is 0.382. The van der Waals surface area contributed by atoms with Crippen LogP contribution in [0.2, 0.25) is 0 Å². The van der Waals surface area contributed by atoms with Crippen LogP contribution in [0.25, 0.3) is 0 Å². The van der Waals surface area contributed by atoms with Gasteiger partial charge >= 0.3 is 17.9 Å². The molecule has 0 saturated carbocycles. The Morgan fingerprint density at radius 2 is 0.902 bits per heavy atom. The number of hydrogen-bond donors (Lipinski definition) is 1. The lowest BCUT2D eigenvalue weighted by Crippen LogP contribution is -2.41. The smallest absolute Gasteiger partial charge is 0.306 e. The van der Waals surface area contributed by atoms with Crippen molar-refractivity contribution in [3.63, 3.8) is 0 Å². The zero-order valence-electron chi connectivity index (χ0n) is 23.5. The molecule has 41 heavy (non-hydrogen) atoms. The zero-order chi connectivity index (χ0) is 29.1.